The second-order valence-electron chi connectivity index (χ2n) is 7.05. The van der Waals surface area contributed by atoms with E-state index in [1.165, 1.54) is 6.42 Å². The van der Waals surface area contributed by atoms with Gasteiger partial charge in [-0.2, -0.15) is 4.98 Å². The lowest BCUT2D eigenvalue weighted by Crippen LogP contribution is -2.38. The fourth-order valence-corrected chi connectivity index (χ4v) is 3.34. The molecule has 4 rings (SSSR count). The highest BCUT2D eigenvalue weighted by Gasteiger charge is 2.17. The van der Waals surface area contributed by atoms with Crippen LogP contribution in [-0.4, -0.2) is 40.6 Å². The van der Waals surface area contributed by atoms with Gasteiger partial charge in [0.15, 0.2) is 6.61 Å². The predicted molar refractivity (Wildman–Crippen MR) is 106 cm³/mol. The quantitative estimate of drug-likeness (QED) is 0.669. The Morgan fingerprint density at radius 1 is 1.07 bits per heavy atom. The summed E-state index contributed by atoms with van der Waals surface area (Å²) in [6, 6.07) is 15.3. The molecule has 0 bridgehead atoms. The zero-order valence-corrected chi connectivity index (χ0v) is 15.9. The number of aromatic nitrogens is 2. The van der Waals surface area contributed by atoms with E-state index in [2.05, 4.69) is 10.1 Å². The molecule has 0 saturated carbocycles. The third kappa shape index (κ3) is 4.22. The second-order valence-corrected chi connectivity index (χ2v) is 7.05. The fourth-order valence-electron chi connectivity index (χ4n) is 3.34. The molecule has 6 heteroatoms. The van der Waals surface area contributed by atoms with Crippen LogP contribution in [0.15, 0.2) is 53.1 Å². The summed E-state index contributed by atoms with van der Waals surface area (Å²) in [5, 5.41) is 4.09. The standard InChI is InChI=1S/C22H23N3O3/c1-16-7-5-9-18(13-16)22-23-21(24-28-22)17-8-6-10-19(14-17)27-15-20(26)25-11-3-2-4-12-25/h5-10,13-14H,2-4,11-12,15H2,1H3. The second kappa shape index (κ2) is 8.25. The van der Waals surface area contributed by atoms with E-state index in [0.29, 0.717) is 17.5 Å². The summed E-state index contributed by atoms with van der Waals surface area (Å²) in [7, 11) is 0. The normalized spacial score (nSPS) is 14.1. The van der Waals surface area contributed by atoms with E-state index < -0.39 is 0 Å². The van der Waals surface area contributed by atoms with E-state index in [-0.39, 0.29) is 12.5 Å². The molecule has 0 aliphatic carbocycles. The van der Waals surface area contributed by atoms with Gasteiger partial charge in [-0.1, -0.05) is 35.0 Å². The molecule has 6 nitrogen and oxygen atoms in total. The number of nitrogens with zero attached hydrogens (tertiary/aromatic N) is 3. The maximum absolute atomic E-state index is 12.3. The maximum Gasteiger partial charge on any atom is 0.260 e. The van der Waals surface area contributed by atoms with Gasteiger partial charge < -0.3 is 14.2 Å². The van der Waals surface area contributed by atoms with E-state index in [4.69, 9.17) is 9.26 Å². The number of piperidine rings is 1. The SMILES string of the molecule is Cc1cccc(-c2nc(-c3cccc(OCC(=O)N4CCCCC4)c3)no2)c1. The molecule has 1 aliphatic rings. The Morgan fingerprint density at radius 2 is 1.86 bits per heavy atom. The smallest absolute Gasteiger partial charge is 0.260 e. The van der Waals surface area contributed by atoms with Gasteiger partial charge in [0.1, 0.15) is 5.75 Å². The van der Waals surface area contributed by atoms with Crippen LogP contribution in [0.4, 0.5) is 0 Å². The Bertz CT molecular complexity index is 961. The topological polar surface area (TPSA) is 68.5 Å². The molecular weight excluding hydrogens is 354 g/mol. The number of hydrogen-bond donors (Lipinski definition) is 0. The van der Waals surface area contributed by atoms with Crippen LogP contribution in [-0.2, 0) is 4.79 Å². The third-order valence-corrected chi connectivity index (χ3v) is 4.85. The number of benzene rings is 2. The Kier molecular flexibility index (Phi) is 5.37. The lowest BCUT2D eigenvalue weighted by Gasteiger charge is -2.26. The maximum atomic E-state index is 12.3. The van der Waals surface area contributed by atoms with E-state index >= 15 is 0 Å². The Labute approximate surface area is 164 Å². The van der Waals surface area contributed by atoms with E-state index in [1.54, 1.807) is 0 Å². The summed E-state index contributed by atoms with van der Waals surface area (Å²) in [5.41, 5.74) is 2.80. The van der Waals surface area contributed by atoms with Crippen molar-refractivity contribution in [1.29, 1.82) is 0 Å². The molecule has 0 unspecified atom stereocenters. The van der Waals surface area contributed by atoms with Crippen LogP contribution in [0.2, 0.25) is 0 Å². The first-order valence-corrected chi connectivity index (χ1v) is 9.61. The Hall–Kier alpha value is -3.15. The van der Waals surface area contributed by atoms with Crippen molar-refractivity contribution in [3.63, 3.8) is 0 Å². The number of amides is 1. The van der Waals surface area contributed by atoms with Crippen molar-refractivity contribution in [2.75, 3.05) is 19.7 Å². The molecule has 0 radical (unpaired) electrons. The van der Waals surface area contributed by atoms with Gasteiger partial charge in [-0.15, -0.1) is 0 Å². The molecule has 3 aromatic rings. The molecule has 1 saturated heterocycles. The minimum absolute atomic E-state index is 0.0337. The summed E-state index contributed by atoms with van der Waals surface area (Å²) in [6.45, 7) is 3.72. The molecule has 144 valence electrons. The molecule has 1 aliphatic heterocycles. The molecule has 1 aromatic heterocycles. The van der Waals surface area contributed by atoms with Gasteiger partial charge >= 0.3 is 0 Å². The summed E-state index contributed by atoms with van der Waals surface area (Å²) in [4.78, 5) is 18.6. The third-order valence-electron chi connectivity index (χ3n) is 4.85. The molecule has 28 heavy (non-hydrogen) atoms. The number of aryl methyl sites for hydroxylation is 1. The first kappa shape index (κ1) is 18.2. The fraction of sp³-hybridized carbons (Fsp3) is 0.318. The zero-order valence-electron chi connectivity index (χ0n) is 15.9. The van der Waals surface area contributed by atoms with Crippen LogP contribution in [0.3, 0.4) is 0 Å². The first-order valence-electron chi connectivity index (χ1n) is 9.61. The summed E-state index contributed by atoms with van der Waals surface area (Å²) in [6.07, 6.45) is 3.34. The molecule has 1 fully saturated rings. The highest BCUT2D eigenvalue weighted by atomic mass is 16.5. The van der Waals surface area contributed by atoms with Crippen LogP contribution in [0.25, 0.3) is 22.8 Å². The van der Waals surface area contributed by atoms with Gasteiger partial charge in [0, 0.05) is 24.2 Å². The number of likely N-dealkylation sites (tertiary alicyclic amines) is 1. The highest BCUT2D eigenvalue weighted by molar-refractivity contribution is 5.78. The number of hydrogen-bond acceptors (Lipinski definition) is 5. The van der Waals surface area contributed by atoms with Gasteiger partial charge in [-0.25, -0.2) is 0 Å². The van der Waals surface area contributed by atoms with Gasteiger partial charge in [0.05, 0.1) is 0 Å². The van der Waals surface area contributed by atoms with E-state index in [0.717, 1.165) is 42.6 Å². The van der Waals surface area contributed by atoms with E-state index in [9.17, 15) is 4.79 Å². The van der Waals surface area contributed by atoms with E-state index in [1.807, 2.05) is 60.4 Å². The zero-order chi connectivity index (χ0) is 19.3. The van der Waals surface area contributed by atoms with Crippen molar-refractivity contribution in [2.45, 2.75) is 26.2 Å². The van der Waals surface area contributed by atoms with Crippen molar-refractivity contribution in [1.82, 2.24) is 15.0 Å². The molecule has 0 spiro atoms. The average molecular weight is 377 g/mol. The lowest BCUT2D eigenvalue weighted by molar-refractivity contribution is -0.134. The molecule has 2 aromatic carbocycles. The molecule has 2 heterocycles. The molecule has 0 atom stereocenters. The van der Waals surface area contributed by atoms with Crippen LogP contribution in [0.1, 0.15) is 24.8 Å². The molecule has 1 amide bonds. The largest absolute Gasteiger partial charge is 0.484 e. The van der Waals surface area contributed by atoms with Gasteiger partial charge in [0.2, 0.25) is 5.82 Å². The van der Waals surface area contributed by atoms with Gasteiger partial charge in [0.25, 0.3) is 11.8 Å². The monoisotopic (exact) mass is 377 g/mol. The van der Waals surface area contributed by atoms with Crippen molar-refractivity contribution in [3.05, 3.63) is 54.1 Å². The van der Waals surface area contributed by atoms with Crippen LogP contribution >= 0.6 is 0 Å². The predicted octanol–water partition coefficient (Wildman–Crippen LogP) is 4.10. The Morgan fingerprint density at radius 3 is 2.68 bits per heavy atom. The number of carbonyl (C=O) groups is 1. The number of carbonyl (C=O) groups excluding carboxylic acids is 1. The molecule has 0 N–H and O–H groups in total. The van der Waals surface area contributed by atoms with Crippen LogP contribution < -0.4 is 4.74 Å². The van der Waals surface area contributed by atoms with Crippen LogP contribution in [0, 0.1) is 6.92 Å². The van der Waals surface area contributed by atoms with Crippen LogP contribution in [0.5, 0.6) is 5.75 Å². The highest BCUT2D eigenvalue weighted by Crippen LogP contribution is 2.25. The summed E-state index contributed by atoms with van der Waals surface area (Å²) < 4.78 is 11.1. The Balaban J connectivity index is 1.44. The molecular formula is C22H23N3O3. The van der Waals surface area contributed by atoms with Crippen molar-refractivity contribution in [3.8, 4) is 28.6 Å². The van der Waals surface area contributed by atoms with Gasteiger partial charge in [-0.3, -0.25) is 4.79 Å². The van der Waals surface area contributed by atoms with Crippen molar-refractivity contribution < 1.29 is 14.1 Å². The summed E-state index contributed by atoms with van der Waals surface area (Å²) >= 11 is 0. The first-order chi connectivity index (χ1) is 13.7. The minimum atomic E-state index is 0.0337. The number of ether oxygens (including phenoxy) is 1. The summed E-state index contributed by atoms with van der Waals surface area (Å²) in [5.74, 6) is 1.62. The van der Waals surface area contributed by atoms with Crippen molar-refractivity contribution in [2.24, 2.45) is 0 Å². The van der Waals surface area contributed by atoms with Crippen molar-refractivity contribution >= 4 is 5.91 Å². The lowest BCUT2D eigenvalue weighted by atomic mass is 10.1. The minimum Gasteiger partial charge on any atom is -0.484 e. The van der Waals surface area contributed by atoms with Gasteiger partial charge in [-0.05, 0) is 50.5 Å². The number of rotatable bonds is 5. The average Bonchev–Trinajstić information content (AvgIpc) is 3.23.